The van der Waals surface area contributed by atoms with Gasteiger partial charge in [0.05, 0.1) is 26.5 Å². The quantitative estimate of drug-likeness (QED) is 0.575. The molecule has 2 heterocycles. The first kappa shape index (κ1) is 21.6. The Morgan fingerprint density at radius 1 is 1.34 bits per heavy atom. The lowest BCUT2D eigenvalue weighted by Gasteiger charge is -2.35. The molecule has 0 saturated heterocycles. The maximum absolute atomic E-state index is 12.9. The number of H-pyrrole nitrogens is 1. The van der Waals surface area contributed by atoms with Crippen LogP contribution in [0.4, 0.5) is 0 Å². The average Bonchev–Trinajstić information content (AvgIpc) is 3.16. The van der Waals surface area contributed by atoms with Gasteiger partial charge in [0.2, 0.25) is 0 Å². The first-order chi connectivity index (χ1) is 13.3. The van der Waals surface area contributed by atoms with Gasteiger partial charge in [-0.2, -0.15) is 0 Å². The van der Waals surface area contributed by atoms with E-state index in [1.807, 2.05) is 24.1 Å². The molecule has 2 aromatic heterocycles. The first-order valence-corrected chi connectivity index (χ1v) is 11.1. The number of thiophene rings is 1. The van der Waals surface area contributed by atoms with E-state index in [2.05, 4.69) is 46.5 Å². The lowest BCUT2D eigenvalue weighted by Crippen LogP contribution is -2.42. The van der Waals surface area contributed by atoms with Gasteiger partial charge in [0.15, 0.2) is 0 Å². The summed E-state index contributed by atoms with van der Waals surface area (Å²) in [6, 6.07) is 4.02. The molecule has 0 radical (unpaired) electrons. The van der Waals surface area contributed by atoms with Crippen LogP contribution in [-0.2, 0) is 0 Å². The van der Waals surface area contributed by atoms with Crippen LogP contribution in [-0.4, -0.2) is 34.6 Å². The molecular formula is C23H34N4OS. The van der Waals surface area contributed by atoms with E-state index >= 15 is 0 Å². The Morgan fingerprint density at radius 3 is 2.55 bits per heavy atom. The van der Waals surface area contributed by atoms with Crippen LogP contribution >= 0.6 is 11.3 Å². The first-order valence-electron chi connectivity index (χ1n) is 10.3. The van der Waals surface area contributed by atoms with Gasteiger partial charge in [0, 0.05) is 18.8 Å². The highest BCUT2D eigenvalue weighted by molar-refractivity contribution is 7.20. The van der Waals surface area contributed by atoms with E-state index in [0.29, 0.717) is 5.71 Å². The van der Waals surface area contributed by atoms with Crippen molar-refractivity contribution < 1.29 is 4.79 Å². The third kappa shape index (κ3) is 4.27. The zero-order valence-electron chi connectivity index (χ0n) is 18.7. The molecule has 0 fully saturated rings. The van der Waals surface area contributed by atoms with Crippen LogP contribution in [0.25, 0.3) is 10.2 Å². The Kier molecular flexibility index (Phi) is 5.45. The minimum atomic E-state index is 0.0208. The van der Waals surface area contributed by atoms with Crippen LogP contribution in [0, 0.1) is 16.2 Å². The number of aromatic amines is 1. The third-order valence-corrected chi connectivity index (χ3v) is 7.42. The van der Waals surface area contributed by atoms with Gasteiger partial charge < -0.3 is 15.6 Å². The second-order valence-corrected chi connectivity index (χ2v) is 11.3. The molecule has 4 N–H and O–H groups in total. The molecule has 0 aliphatic heterocycles. The second kappa shape index (κ2) is 7.31. The highest BCUT2D eigenvalue weighted by Gasteiger charge is 2.30. The number of amides is 1. The second-order valence-electron chi connectivity index (χ2n) is 10.2. The number of aromatic nitrogens is 1. The van der Waals surface area contributed by atoms with Crippen molar-refractivity contribution in [2.75, 3.05) is 7.05 Å². The molecule has 5 nitrogen and oxygen atoms in total. The molecule has 158 valence electrons. The van der Waals surface area contributed by atoms with Gasteiger partial charge in [-0.25, -0.2) is 0 Å². The fourth-order valence-corrected chi connectivity index (χ4v) is 4.92. The van der Waals surface area contributed by atoms with E-state index in [1.165, 1.54) is 11.3 Å². The molecule has 2 aromatic rings. The molecule has 0 unspecified atom stereocenters. The predicted molar refractivity (Wildman–Crippen MR) is 123 cm³/mol. The van der Waals surface area contributed by atoms with Gasteiger partial charge >= 0.3 is 0 Å². The molecule has 1 amide bonds. The predicted octanol–water partition coefficient (Wildman–Crippen LogP) is 5.53. The number of carbonyl (C=O) groups excluding carboxylic acids is 1. The maximum atomic E-state index is 12.9. The smallest absolute Gasteiger partial charge is 0.264 e. The van der Waals surface area contributed by atoms with Crippen molar-refractivity contribution >= 4 is 33.2 Å². The molecular weight excluding hydrogens is 380 g/mol. The maximum Gasteiger partial charge on any atom is 0.264 e. The van der Waals surface area contributed by atoms with Crippen LogP contribution in [0.1, 0.15) is 76.2 Å². The Bertz CT molecular complexity index is 955. The Hall–Kier alpha value is -2.08. The molecule has 1 atom stereocenters. The summed E-state index contributed by atoms with van der Waals surface area (Å²) in [4.78, 5) is 18.8. The zero-order chi connectivity index (χ0) is 21.7. The standard InChI is InChI=1S/C23H34N4OS/c1-13(22(2,3)4)27(7)21(28)19-10-16-18(29-19)11-17(26-16)20(25)14-8-9-23(5,6)12-15(14)24/h10-11,13,25-26H,8-9,12,24H2,1-7H3/t13-/m0/s1. The summed E-state index contributed by atoms with van der Waals surface area (Å²) in [5.41, 5.74) is 10.5. The molecule has 0 spiro atoms. The molecule has 0 aromatic carbocycles. The van der Waals surface area contributed by atoms with Crippen LogP contribution in [0.5, 0.6) is 0 Å². The van der Waals surface area contributed by atoms with E-state index in [-0.39, 0.29) is 22.8 Å². The van der Waals surface area contributed by atoms with Gasteiger partial charge in [-0.05, 0) is 54.7 Å². The summed E-state index contributed by atoms with van der Waals surface area (Å²) in [6.07, 6.45) is 2.71. The SMILES string of the molecule is C[C@H](N(C)C(=O)c1cc2[nH]c(C(=N)C3=C(N)CC(C)(C)CC3)cc2s1)C(C)(C)C. The largest absolute Gasteiger partial charge is 0.402 e. The molecule has 0 bridgehead atoms. The van der Waals surface area contributed by atoms with E-state index in [4.69, 9.17) is 11.1 Å². The van der Waals surface area contributed by atoms with Gasteiger partial charge in [0.1, 0.15) is 0 Å². The number of hydrogen-bond acceptors (Lipinski definition) is 4. The monoisotopic (exact) mass is 414 g/mol. The number of nitrogens with one attached hydrogen (secondary N) is 2. The van der Waals surface area contributed by atoms with E-state index in [9.17, 15) is 4.79 Å². The number of rotatable bonds is 4. The lowest BCUT2D eigenvalue weighted by molar-refractivity contribution is 0.0634. The molecule has 0 saturated carbocycles. The van der Waals surface area contributed by atoms with Crippen LogP contribution < -0.4 is 5.73 Å². The lowest BCUT2D eigenvalue weighted by atomic mass is 9.75. The summed E-state index contributed by atoms with van der Waals surface area (Å²) in [5.74, 6) is 0.0418. The third-order valence-electron chi connectivity index (χ3n) is 6.35. The van der Waals surface area contributed by atoms with Crippen LogP contribution in [0.3, 0.4) is 0 Å². The highest BCUT2D eigenvalue weighted by Crippen LogP contribution is 2.38. The van der Waals surface area contributed by atoms with Crippen molar-refractivity contribution in [3.05, 3.63) is 34.0 Å². The summed E-state index contributed by atoms with van der Waals surface area (Å²) in [5, 5.41) is 8.65. The number of nitrogens with two attached hydrogens (primary N) is 1. The minimum absolute atomic E-state index is 0.0208. The zero-order valence-corrected chi connectivity index (χ0v) is 19.5. The number of fused-ring (bicyclic) bond motifs is 1. The van der Waals surface area contributed by atoms with Gasteiger partial charge in [0.25, 0.3) is 5.91 Å². The molecule has 29 heavy (non-hydrogen) atoms. The summed E-state index contributed by atoms with van der Waals surface area (Å²) in [7, 11) is 1.87. The number of allylic oxidation sites excluding steroid dienone is 2. The van der Waals surface area contributed by atoms with Crippen molar-refractivity contribution in [2.24, 2.45) is 16.6 Å². The highest BCUT2D eigenvalue weighted by atomic mass is 32.1. The fraction of sp³-hybridized carbons (Fsp3) is 0.565. The molecule has 1 aliphatic rings. The summed E-state index contributed by atoms with van der Waals surface area (Å²) >= 11 is 1.48. The topological polar surface area (TPSA) is 86.0 Å². The number of nitrogens with zero attached hydrogens (tertiary/aromatic N) is 1. The summed E-state index contributed by atoms with van der Waals surface area (Å²) in [6.45, 7) is 13.0. The van der Waals surface area contributed by atoms with Crippen molar-refractivity contribution in [1.82, 2.24) is 9.88 Å². The Morgan fingerprint density at radius 2 is 2.00 bits per heavy atom. The fourth-order valence-electron chi connectivity index (χ4n) is 3.88. The van der Waals surface area contributed by atoms with Crippen molar-refractivity contribution in [2.45, 2.75) is 66.8 Å². The minimum Gasteiger partial charge on any atom is -0.402 e. The molecule has 6 heteroatoms. The Labute approximate surface area is 177 Å². The van der Waals surface area contributed by atoms with Crippen LogP contribution in [0.2, 0.25) is 0 Å². The van der Waals surface area contributed by atoms with E-state index in [0.717, 1.165) is 51.3 Å². The van der Waals surface area contributed by atoms with E-state index in [1.54, 1.807) is 0 Å². The van der Waals surface area contributed by atoms with Gasteiger partial charge in [-0.15, -0.1) is 11.3 Å². The molecule has 3 rings (SSSR count). The summed E-state index contributed by atoms with van der Waals surface area (Å²) < 4.78 is 1.00. The normalized spacial score (nSPS) is 18.2. The van der Waals surface area contributed by atoms with Gasteiger partial charge in [-0.3, -0.25) is 10.2 Å². The van der Waals surface area contributed by atoms with Crippen molar-refractivity contribution in [1.29, 1.82) is 5.41 Å². The number of hydrogen-bond donors (Lipinski definition) is 3. The average molecular weight is 415 g/mol. The Balaban J connectivity index is 1.83. The number of carbonyl (C=O) groups is 1. The van der Waals surface area contributed by atoms with Crippen molar-refractivity contribution in [3.8, 4) is 0 Å². The van der Waals surface area contributed by atoms with Crippen LogP contribution in [0.15, 0.2) is 23.4 Å². The van der Waals surface area contributed by atoms with Gasteiger partial charge in [-0.1, -0.05) is 34.6 Å². The van der Waals surface area contributed by atoms with Crippen molar-refractivity contribution in [3.63, 3.8) is 0 Å². The molecule has 1 aliphatic carbocycles. The van der Waals surface area contributed by atoms with E-state index < -0.39 is 0 Å².